The first-order valence-electron chi connectivity index (χ1n) is 12.3. The number of anilines is 1. The molecule has 1 unspecified atom stereocenters. The fourth-order valence-corrected chi connectivity index (χ4v) is 5.06. The van der Waals surface area contributed by atoms with Crippen LogP contribution in [0.1, 0.15) is 44.4 Å². The summed E-state index contributed by atoms with van der Waals surface area (Å²) in [6, 6.07) is 27.6. The molecule has 1 aliphatic rings. The van der Waals surface area contributed by atoms with E-state index in [-0.39, 0.29) is 17.1 Å². The fourth-order valence-electron chi connectivity index (χ4n) is 4.89. The minimum atomic E-state index is -0.680. The number of hydrogen-bond donors (Lipinski definition) is 0. The number of benzene rings is 4. The zero-order chi connectivity index (χ0) is 26.4. The zero-order valence-electron chi connectivity index (χ0n) is 20.9. The van der Waals surface area contributed by atoms with Gasteiger partial charge >= 0.3 is 0 Å². The molecule has 1 aliphatic heterocycles. The molecule has 0 saturated heterocycles. The molecule has 6 rings (SSSR count). The van der Waals surface area contributed by atoms with E-state index in [1.165, 1.54) is 0 Å². The van der Waals surface area contributed by atoms with Crippen LogP contribution in [0.15, 0.2) is 100 Å². The van der Waals surface area contributed by atoms with E-state index in [9.17, 15) is 9.59 Å². The van der Waals surface area contributed by atoms with Crippen LogP contribution in [0.4, 0.5) is 5.69 Å². The van der Waals surface area contributed by atoms with Crippen molar-refractivity contribution < 1.29 is 13.9 Å². The molecule has 6 heteroatoms. The minimum Gasteiger partial charge on any atom is -0.489 e. The van der Waals surface area contributed by atoms with Gasteiger partial charge in [0.25, 0.3) is 5.91 Å². The van der Waals surface area contributed by atoms with Crippen molar-refractivity contribution in [1.29, 1.82) is 0 Å². The Hall–Kier alpha value is -4.35. The maximum absolute atomic E-state index is 13.8. The molecular weight excluding hydrogens is 498 g/mol. The third kappa shape index (κ3) is 4.15. The highest BCUT2D eigenvalue weighted by molar-refractivity contribution is 6.31. The molecule has 188 valence electrons. The largest absolute Gasteiger partial charge is 0.489 e. The van der Waals surface area contributed by atoms with Gasteiger partial charge in [0.1, 0.15) is 17.9 Å². The molecule has 5 nitrogen and oxygen atoms in total. The fraction of sp³-hybridized carbons (Fsp3) is 0.125. The first-order valence-corrected chi connectivity index (χ1v) is 12.7. The molecule has 1 aromatic heterocycles. The monoisotopic (exact) mass is 521 g/mol. The zero-order valence-corrected chi connectivity index (χ0v) is 21.7. The summed E-state index contributed by atoms with van der Waals surface area (Å²) < 4.78 is 12.0. The lowest BCUT2D eigenvalue weighted by molar-refractivity contribution is 0.0971. The molecule has 0 spiro atoms. The molecule has 5 aromatic rings. The smallest absolute Gasteiger partial charge is 0.295 e. The van der Waals surface area contributed by atoms with E-state index in [0.29, 0.717) is 39.6 Å². The van der Waals surface area contributed by atoms with Crippen LogP contribution >= 0.6 is 11.6 Å². The van der Waals surface area contributed by atoms with E-state index in [0.717, 1.165) is 22.3 Å². The van der Waals surface area contributed by atoms with Crippen LogP contribution in [0, 0.1) is 13.8 Å². The van der Waals surface area contributed by atoms with Gasteiger partial charge in [-0.1, -0.05) is 71.8 Å². The Morgan fingerprint density at radius 3 is 2.39 bits per heavy atom. The molecular formula is C32H24ClNO4. The molecule has 0 bridgehead atoms. The summed E-state index contributed by atoms with van der Waals surface area (Å²) in [7, 11) is 0. The lowest BCUT2D eigenvalue weighted by atomic mass is 9.97. The van der Waals surface area contributed by atoms with Crippen LogP contribution in [0.5, 0.6) is 5.75 Å². The number of aryl methyl sites for hydroxylation is 2. The maximum atomic E-state index is 13.8. The molecule has 0 radical (unpaired) electrons. The van der Waals surface area contributed by atoms with Gasteiger partial charge in [-0.3, -0.25) is 14.5 Å². The number of amides is 1. The Morgan fingerprint density at radius 2 is 1.66 bits per heavy atom. The van der Waals surface area contributed by atoms with Crippen molar-refractivity contribution >= 4 is 34.2 Å². The molecule has 2 heterocycles. The second-order valence-corrected chi connectivity index (χ2v) is 9.94. The van der Waals surface area contributed by atoms with Gasteiger partial charge in [0.05, 0.1) is 17.0 Å². The van der Waals surface area contributed by atoms with Crippen molar-refractivity contribution in [2.45, 2.75) is 26.5 Å². The molecule has 0 N–H and O–H groups in total. The van der Waals surface area contributed by atoms with Crippen LogP contribution < -0.4 is 15.1 Å². The Kier molecular flexibility index (Phi) is 6.01. The van der Waals surface area contributed by atoms with E-state index < -0.39 is 6.04 Å². The molecule has 4 aromatic carbocycles. The van der Waals surface area contributed by atoms with E-state index in [1.807, 2.05) is 86.6 Å². The van der Waals surface area contributed by atoms with E-state index in [1.54, 1.807) is 23.1 Å². The number of fused-ring (bicyclic) bond motifs is 2. The molecule has 0 fully saturated rings. The van der Waals surface area contributed by atoms with Gasteiger partial charge in [-0.2, -0.15) is 0 Å². The summed E-state index contributed by atoms with van der Waals surface area (Å²) in [5.74, 6) is 0.361. The Labute approximate surface area is 224 Å². The van der Waals surface area contributed by atoms with Crippen LogP contribution in [0.3, 0.4) is 0 Å². The van der Waals surface area contributed by atoms with Crippen molar-refractivity contribution in [2.75, 3.05) is 4.90 Å². The first kappa shape index (κ1) is 24.0. The number of rotatable bonds is 5. The Balaban J connectivity index is 1.46. The van der Waals surface area contributed by atoms with Crippen LogP contribution in [-0.4, -0.2) is 5.91 Å². The average Bonchev–Trinajstić information content (AvgIpc) is 3.22. The average molecular weight is 522 g/mol. The van der Waals surface area contributed by atoms with Crippen molar-refractivity contribution in [3.8, 4) is 5.75 Å². The van der Waals surface area contributed by atoms with E-state index >= 15 is 0 Å². The molecule has 0 saturated carbocycles. The SMILES string of the molecule is Cc1ccc2oc3c(c(=O)c2c1)C(c1ccc(OCc2ccccc2)cc1)N(c1ccc(C)c(Cl)c1)C3=O. The van der Waals surface area contributed by atoms with Gasteiger partial charge in [0.2, 0.25) is 5.76 Å². The summed E-state index contributed by atoms with van der Waals surface area (Å²) in [5, 5.41) is 0.989. The van der Waals surface area contributed by atoms with Gasteiger partial charge in [-0.05, 0) is 66.9 Å². The summed E-state index contributed by atoms with van der Waals surface area (Å²) in [5.41, 5.74) is 4.75. The van der Waals surface area contributed by atoms with Gasteiger partial charge < -0.3 is 9.15 Å². The van der Waals surface area contributed by atoms with Crippen LogP contribution in [-0.2, 0) is 6.61 Å². The minimum absolute atomic E-state index is 0.0532. The summed E-state index contributed by atoms with van der Waals surface area (Å²) in [4.78, 5) is 29.2. The summed E-state index contributed by atoms with van der Waals surface area (Å²) in [6.45, 7) is 4.26. The highest BCUT2D eigenvalue weighted by atomic mass is 35.5. The number of ether oxygens (including phenoxy) is 1. The lowest BCUT2D eigenvalue weighted by Crippen LogP contribution is -2.29. The standard InChI is InChI=1S/C32H24ClNO4/c1-19-8-15-27-25(16-19)30(35)28-29(22-10-13-24(14-11-22)37-18-21-6-4-3-5-7-21)34(32(36)31(28)38-27)23-12-9-20(2)26(33)17-23/h3-17,29H,18H2,1-2H3. The number of carbonyl (C=O) groups is 1. The molecule has 38 heavy (non-hydrogen) atoms. The molecule has 1 atom stereocenters. The predicted molar refractivity (Wildman–Crippen MR) is 149 cm³/mol. The first-order chi connectivity index (χ1) is 18.4. The van der Waals surface area contributed by atoms with Crippen molar-refractivity contribution in [3.63, 3.8) is 0 Å². The maximum Gasteiger partial charge on any atom is 0.295 e. The van der Waals surface area contributed by atoms with Gasteiger partial charge in [-0.25, -0.2) is 0 Å². The third-order valence-corrected chi connectivity index (χ3v) is 7.31. The second-order valence-electron chi connectivity index (χ2n) is 9.53. The highest BCUT2D eigenvalue weighted by Gasteiger charge is 2.43. The van der Waals surface area contributed by atoms with Gasteiger partial charge in [0, 0.05) is 10.7 Å². The summed E-state index contributed by atoms with van der Waals surface area (Å²) in [6.07, 6.45) is 0. The van der Waals surface area contributed by atoms with E-state index in [4.69, 9.17) is 20.8 Å². The number of halogens is 1. The summed E-state index contributed by atoms with van der Waals surface area (Å²) >= 11 is 6.45. The van der Waals surface area contributed by atoms with Crippen molar-refractivity contribution in [3.05, 3.63) is 140 Å². The third-order valence-electron chi connectivity index (χ3n) is 6.90. The Bertz CT molecular complexity index is 1740. The van der Waals surface area contributed by atoms with Crippen LogP contribution in [0.2, 0.25) is 5.02 Å². The highest BCUT2D eigenvalue weighted by Crippen LogP contribution is 2.42. The topological polar surface area (TPSA) is 59.8 Å². The van der Waals surface area contributed by atoms with Crippen LogP contribution in [0.25, 0.3) is 11.0 Å². The van der Waals surface area contributed by atoms with Crippen molar-refractivity contribution in [2.24, 2.45) is 0 Å². The quantitative estimate of drug-likeness (QED) is 0.242. The second kappa shape index (κ2) is 9.51. The normalized spacial score (nSPS) is 14.7. The Morgan fingerprint density at radius 1 is 0.895 bits per heavy atom. The van der Waals surface area contributed by atoms with E-state index in [2.05, 4.69) is 0 Å². The molecule has 1 amide bonds. The number of nitrogens with zero attached hydrogens (tertiary/aromatic N) is 1. The van der Waals surface area contributed by atoms with Gasteiger partial charge in [-0.15, -0.1) is 0 Å². The predicted octanol–water partition coefficient (Wildman–Crippen LogP) is 7.39. The molecule has 0 aliphatic carbocycles. The van der Waals surface area contributed by atoms with Crippen molar-refractivity contribution in [1.82, 2.24) is 0 Å². The van der Waals surface area contributed by atoms with Gasteiger partial charge in [0.15, 0.2) is 5.43 Å². The number of carbonyl (C=O) groups excluding carboxylic acids is 1. The lowest BCUT2D eigenvalue weighted by Gasteiger charge is -2.26. The number of hydrogen-bond acceptors (Lipinski definition) is 4.